The van der Waals surface area contributed by atoms with Crippen molar-refractivity contribution in [3.63, 3.8) is 0 Å². The molecule has 0 N–H and O–H groups in total. The Kier molecular flexibility index (Phi) is 6.72. The molecule has 0 radical (unpaired) electrons. The topological polar surface area (TPSA) is 8.81 Å². The Bertz CT molecular complexity index is 835. The summed E-state index contributed by atoms with van der Waals surface area (Å²) in [5.41, 5.74) is 2.80. The number of aromatic nitrogens is 2. The first-order valence-corrected chi connectivity index (χ1v) is 10.7. The van der Waals surface area contributed by atoms with Gasteiger partial charge in [-0.25, -0.2) is 9.13 Å². The normalized spacial score (nSPS) is 14.8. The van der Waals surface area contributed by atoms with Gasteiger partial charge in [0.1, 0.15) is 18.4 Å². The van der Waals surface area contributed by atoms with Crippen LogP contribution in [0.2, 0.25) is 0 Å². The van der Waals surface area contributed by atoms with Gasteiger partial charge < -0.3 is 0 Å². The lowest BCUT2D eigenvalue weighted by Crippen LogP contribution is -2.40. The summed E-state index contributed by atoms with van der Waals surface area (Å²) in [5, 5.41) is 0. The van der Waals surface area contributed by atoms with E-state index in [-0.39, 0.29) is 5.41 Å². The second-order valence-electron chi connectivity index (χ2n) is 8.59. The van der Waals surface area contributed by atoms with Gasteiger partial charge in [0.2, 0.25) is 6.33 Å². The van der Waals surface area contributed by atoms with Crippen molar-refractivity contribution in [3.8, 4) is 0 Å². The molecule has 2 heteroatoms. The van der Waals surface area contributed by atoms with Crippen molar-refractivity contribution in [3.05, 3.63) is 90.5 Å². The lowest BCUT2D eigenvalue weighted by Gasteiger charge is -2.38. The number of benzene rings is 2. The minimum Gasteiger partial charge on any atom is -0.237 e. The Morgan fingerprint density at radius 2 is 1.61 bits per heavy atom. The number of unbranched alkanes of at least 4 members (excludes halogenated alkanes) is 1. The van der Waals surface area contributed by atoms with E-state index in [1.165, 1.54) is 24.0 Å². The van der Waals surface area contributed by atoms with Gasteiger partial charge in [0.15, 0.2) is 0 Å². The standard InChI is InChI=1S/C26H35N2/c1-5-6-17-27-18-19-28(21-27)25(22(2)3)26(4,24-15-11-8-12-16-24)20-23-13-9-7-10-14-23/h7-16,18-19,21-22,25H,5-6,17,20H2,1-4H3/q+1. The Morgan fingerprint density at radius 1 is 0.964 bits per heavy atom. The van der Waals surface area contributed by atoms with Gasteiger partial charge in [-0.3, -0.25) is 0 Å². The zero-order valence-corrected chi connectivity index (χ0v) is 17.9. The molecule has 0 aliphatic rings. The van der Waals surface area contributed by atoms with Gasteiger partial charge in [-0.05, 0) is 29.9 Å². The van der Waals surface area contributed by atoms with Crippen LogP contribution in [0.4, 0.5) is 0 Å². The van der Waals surface area contributed by atoms with E-state index in [1.807, 2.05) is 0 Å². The number of nitrogens with zero attached hydrogens (tertiary/aromatic N) is 2. The van der Waals surface area contributed by atoms with Crippen molar-refractivity contribution in [1.29, 1.82) is 0 Å². The first kappa shape index (κ1) is 20.4. The monoisotopic (exact) mass is 375 g/mol. The van der Waals surface area contributed by atoms with Gasteiger partial charge in [-0.15, -0.1) is 0 Å². The first-order valence-electron chi connectivity index (χ1n) is 10.7. The minimum absolute atomic E-state index is 0.00160. The molecule has 0 saturated heterocycles. The van der Waals surface area contributed by atoms with E-state index in [0.29, 0.717) is 12.0 Å². The maximum atomic E-state index is 2.45. The van der Waals surface area contributed by atoms with E-state index in [0.717, 1.165) is 13.0 Å². The summed E-state index contributed by atoms with van der Waals surface area (Å²) in [6, 6.07) is 22.4. The molecule has 0 fully saturated rings. The van der Waals surface area contributed by atoms with Crippen molar-refractivity contribution in [2.75, 3.05) is 0 Å². The third-order valence-corrected chi connectivity index (χ3v) is 5.93. The second-order valence-corrected chi connectivity index (χ2v) is 8.59. The second kappa shape index (κ2) is 9.23. The molecule has 2 atom stereocenters. The van der Waals surface area contributed by atoms with Gasteiger partial charge in [0, 0.05) is 5.41 Å². The molecule has 2 unspecified atom stereocenters. The van der Waals surface area contributed by atoms with Crippen molar-refractivity contribution in [1.82, 2.24) is 4.57 Å². The van der Waals surface area contributed by atoms with Crippen molar-refractivity contribution >= 4 is 0 Å². The number of aryl methyl sites for hydroxylation is 1. The minimum atomic E-state index is -0.00160. The third kappa shape index (κ3) is 4.55. The lowest BCUT2D eigenvalue weighted by atomic mass is 9.68. The van der Waals surface area contributed by atoms with Crippen LogP contribution in [0.15, 0.2) is 79.4 Å². The summed E-state index contributed by atoms with van der Waals surface area (Å²) in [5.74, 6) is 0.515. The Morgan fingerprint density at radius 3 is 2.21 bits per heavy atom. The highest BCUT2D eigenvalue weighted by Crippen LogP contribution is 2.42. The van der Waals surface area contributed by atoms with Crippen LogP contribution in [0, 0.1) is 5.92 Å². The summed E-state index contributed by atoms with van der Waals surface area (Å²) in [4.78, 5) is 0. The number of imidazole rings is 1. The molecule has 1 aromatic heterocycles. The maximum Gasteiger partial charge on any atom is 0.244 e. The highest BCUT2D eigenvalue weighted by atomic mass is 15.1. The van der Waals surface area contributed by atoms with E-state index in [9.17, 15) is 0 Å². The third-order valence-electron chi connectivity index (χ3n) is 5.93. The van der Waals surface area contributed by atoms with Crippen LogP contribution in [-0.4, -0.2) is 4.57 Å². The van der Waals surface area contributed by atoms with Gasteiger partial charge >= 0.3 is 0 Å². The molecule has 3 rings (SSSR count). The first-order chi connectivity index (χ1) is 13.5. The molecule has 2 aromatic carbocycles. The average Bonchev–Trinajstić information content (AvgIpc) is 3.15. The Hall–Kier alpha value is -2.35. The number of hydrogen-bond acceptors (Lipinski definition) is 0. The summed E-state index contributed by atoms with van der Waals surface area (Å²) < 4.78 is 4.79. The molecular weight excluding hydrogens is 340 g/mol. The molecule has 28 heavy (non-hydrogen) atoms. The van der Waals surface area contributed by atoms with E-state index >= 15 is 0 Å². The van der Waals surface area contributed by atoms with Crippen LogP contribution in [0.3, 0.4) is 0 Å². The van der Waals surface area contributed by atoms with E-state index < -0.39 is 0 Å². The summed E-state index contributed by atoms with van der Waals surface area (Å²) in [6.07, 6.45) is 10.3. The van der Waals surface area contributed by atoms with E-state index in [4.69, 9.17) is 0 Å². The summed E-state index contributed by atoms with van der Waals surface area (Å²) in [7, 11) is 0. The van der Waals surface area contributed by atoms with Gasteiger partial charge in [-0.2, -0.15) is 0 Å². The largest absolute Gasteiger partial charge is 0.244 e. The summed E-state index contributed by atoms with van der Waals surface area (Å²) in [6.45, 7) is 10.5. The molecular formula is C26H35N2+. The number of rotatable bonds is 9. The quantitative estimate of drug-likeness (QED) is 0.407. The highest BCUT2D eigenvalue weighted by Gasteiger charge is 2.42. The SMILES string of the molecule is CCCC[n+]1ccn(C(C(C)C)C(C)(Cc2ccccc2)c2ccccc2)c1. The van der Waals surface area contributed by atoms with Gasteiger partial charge in [0.05, 0.1) is 6.54 Å². The predicted molar refractivity (Wildman–Crippen MR) is 117 cm³/mol. The fraction of sp³-hybridized carbons (Fsp3) is 0.423. The van der Waals surface area contributed by atoms with Crippen LogP contribution in [0.25, 0.3) is 0 Å². The van der Waals surface area contributed by atoms with Crippen LogP contribution >= 0.6 is 0 Å². The fourth-order valence-electron chi connectivity index (χ4n) is 4.67. The van der Waals surface area contributed by atoms with Gasteiger partial charge in [0.25, 0.3) is 0 Å². The molecule has 2 nitrogen and oxygen atoms in total. The molecule has 0 bridgehead atoms. The predicted octanol–water partition coefficient (Wildman–Crippen LogP) is 5.97. The zero-order valence-electron chi connectivity index (χ0n) is 17.9. The molecule has 3 aromatic rings. The van der Waals surface area contributed by atoms with Crippen LogP contribution < -0.4 is 4.57 Å². The van der Waals surface area contributed by atoms with Crippen molar-refractivity contribution in [2.24, 2.45) is 5.92 Å². The maximum absolute atomic E-state index is 2.45. The average molecular weight is 376 g/mol. The number of hydrogen-bond donors (Lipinski definition) is 0. The van der Waals surface area contributed by atoms with E-state index in [2.05, 4.69) is 116 Å². The molecule has 1 heterocycles. The van der Waals surface area contributed by atoms with E-state index in [1.54, 1.807) is 0 Å². The molecule has 148 valence electrons. The molecule has 0 aliphatic carbocycles. The summed E-state index contributed by atoms with van der Waals surface area (Å²) >= 11 is 0. The van der Waals surface area contributed by atoms with Crippen molar-refractivity contribution in [2.45, 2.75) is 65.0 Å². The highest BCUT2D eigenvalue weighted by molar-refractivity contribution is 5.31. The molecule has 0 aliphatic heterocycles. The smallest absolute Gasteiger partial charge is 0.237 e. The lowest BCUT2D eigenvalue weighted by molar-refractivity contribution is -0.697. The van der Waals surface area contributed by atoms with Crippen LogP contribution in [-0.2, 0) is 18.4 Å². The molecule has 0 spiro atoms. The van der Waals surface area contributed by atoms with Gasteiger partial charge in [-0.1, -0.05) is 94.8 Å². The fourth-order valence-corrected chi connectivity index (χ4v) is 4.67. The van der Waals surface area contributed by atoms with Crippen LogP contribution in [0.1, 0.15) is 57.7 Å². The van der Waals surface area contributed by atoms with Crippen LogP contribution in [0.5, 0.6) is 0 Å². The van der Waals surface area contributed by atoms with Crippen molar-refractivity contribution < 1.29 is 4.57 Å². The molecule has 0 amide bonds. The zero-order chi connectivity index (χ0) is 20.0. The Balaban J connectivity index is 2.04. The molecule has 0 saturated carbocycles. The Labute approximate surface area is 170 Å².